The molecule has 2 nitrogen and oxygen atoms in total. The van der Waals surface area contributed by atoms with Gasteiger partial charge in [0.15, 0.2) is 0 Å². The Morgan fingerprint density at radius 2 is 1.94 bits per heavy atom. The first kappa shape index (κ1) is 12.6. The van der Waals surface area contributed by atoms with E-state index in [4.69, 9.17) is 10.5 Å². The smallest absolute Gasteiger partial charge is 0.126 e. The molecule has 0 spiro atoms. The van der Waals surface area contributed by atoms with Crippen LogP contribution in [0.2, 0.25) is 0 Å². The highest BCUT2D eigenvalue weighted by atomic mass is 19.1. The molecule has 0 radical (unpaired) electrons. The second-order valence-corrected chi connectivity index (χ2v) is 4.14. The van der Waals surface area contributed by atoms with E-state index in [1.54, 1.807) is 20.1 Å². The molecule has 0 unspecified atom stereocenters. The summed E-state index contributed by atoms with van der Waals surface area (Å²) < 4.78 is 18.8. The molecule has 0 heterocycles. The molecule has 0 aromatic heterocycles. The maximum absolute atomic E-state index is 13.6. The van der Waals surface area contributed by atoms with Crippen molar-refractivity contribution in [2.75, 3.05) is 7.11 Å². The van der Waals surface area contributed by atoms with Crippen LogP contribution >= 0.6 is 0 Å². The summed E-state index contributed by atoms with van der Waals surface area (Å²) in [5, 5.41) is 0. The van der Waals surface area contributed by atoms with E-state index >= 15 is 0 Å². The van der Waals surface area contributed by atoms with Crippen LogP contribution in [0.5, 0.6) is 5.75 Å². The summed E-state index contributed by atoms with van der Waals surface area (Å²) in [7, 11) is 1.61. The number of nitrogens with two attached hydrogens (primary N) is 1. The third kappa shape index (κ3) is 2.22. The molecular weight excluding hydrogens is 229 g/mol. The zero-order valence-electron chi connectivity index (χ0n) is 10.5. The van der Waals surface area contributed by atoms with Crippen LogP contribution in [0.25, 0.3) is 11.1 Å². The van der Waals surface area contributed by atoms with Crippen molar-refractivity contribution >= 4 is 0 Å². The minimum atomic E-state index is -0.203. The fraction of sp³-hybridized carbons (Fsp3) is 0.200. The number of halogens is 1. The quantitative estimate of drug-likeness (QED) is 0.900. The molecule has 0 aliphatic rings. The van der Waals surface area contributed by atoms with Crippen LogP contribution in [-0.4, -0.2) is 7.11 Å². The molecular formula is C15H16FNO. The van der Waals surface area contributed by atoms with E-state index in [2.05, 4.69) is 0 Å². The Morgan fingerprint density at radius 1 is 1.17 bits per heavy atom. The molecule has 2 N–H and O–H groups in total. The van der Waals surface area contributed by atoms with E-state index in [1.807, 2.05) is 24.3 Å². The summed E-state index contributed by atoms with van der Waals surface area (Å²) in [6, 6.07) is 10.7. The van der Waals surface area contributed by atoms with E-state index in [1.165, 1.54) is 6.07 Å². The van der Waals surface area contributed by atoms with Gasteiger partial charge in [-0.05, 0) is 47.4 Å². The van der Waals surface area contributed by atoms with E-state index in [-0.39, 0.29) is 5.82 Å². The molecule has 2 aromatic rings. The molecule has 2 rings (SSSR count). The molecule has 2 aromatic carbocycles. The van der Waals surface area contributed by atoms with Crippen molar-refractivity contribution in [3.05, 3.63) is 53.3 Å². The van der Waals surface area contributed by atoms with Gasteiger partial charge < -0.3 is 10.5 Å². The summed E-state index contributed by atoms with van der Waals surface area (Å²) in [5.41, 5.74) is 9.16. The van der Waals surface area contributed by atoms with Crippen molar-refractivity contribution in [2.24, 2.45) is 5.73 Å². The van der Waals surface area contributed by atoms with Gasteiger partial charge in [0, 0.05) is 6.54 Å². The lowest BCUT2D eigenvalue weighted by Crippen LogP contribution is -2.01. The lowest BCUT2D eigenvalue weighted by molar-refractivity contribution is 0.414. The molecule has 0 atom stereocenters. The fourth-order valence-corrected chi connectivity index (χ4v) is 2.03. The number of hydrogen-bond donors (Lipinski definition) is 1. The van der Waals surface area contributed by atoms with Gasteiger partial charge in [0.2, 0.25) is 0 Å². The second-order valence-electron chi connectivity index (χ2n) is 4.14. The molecule has 0 aliphatic heterocycles. The molecule has 94 valence electrons. The highest BCUT2D eigenvalue weighted by Crippen LogP contribution is 2.30. The Bertz CT molecular complexity index is 566. The Hall–Kier alpha value is -1.87. The van der Waals surface area contributed by atoms with Gasteiger partial charge in [-0.1, -0.05) is 18.2 Å². The first-order chi connectivity index (χ1) is 8.67. The van der Waals surface area contributed by atoms with Crippen molar-refractivity contribution in [1.82, 2.24) is 0 Å². The predicted octanol–water partition coefficient (Wildman–Crippen LogP) is 3.27. The van der Waals surface area contributed by atoms with Crippen LogP contribution in [0.4, 0.5) is 4.39 Å². The van der Waals surface area contributed by atoms with Gasteiger partial charge in [-0.15, -0.1) is 0 Å². The predicted molar refractivity (Wildman–Crippen MR) is 71.0 cm³/mol. The second kappa shape index (κ2) is 5.19. The van der Waals surface area contributed by atoms with Crippen molar-refractivity contribution in [1.29, 1.82) is 0 Å². The first-order valence-electron chi connectivity index (χ1n) is 5.80. The van der Waals surface area contributed by atoms with Gasteiger partial charge in [-0.2, -0.15) is 0 Å². The number of rotatable bonds is 3. The number of methoxy groups -OCH3 is 1. The fourth-order valence-electron chi connectivity index (χ4n) is 2.03. The van der Waals surface area contributed by atoms with Crippen molar-refractivity contribution in [3.8, 4) is 16.9 Å². The molecule has 0 bridgehead atoms. The molecule has 18 heavy (non-hydrogen) atoms. The van der Waals surface area contributed by atoms with Crippen molar-refractivity contribution in [2.45, 2.75) is 13.5 Å². The number of benzene rings is 2. The molecule has 0 amide bonds. The Kier molecular flexibility index (Phi) is 3.63. The van der Waals surface area contributed by atoms with Crippen LogP contribution < -0.4 is 10.5 Å². The van der Waals surface area contributed by atoms with Crippen LogP contribution in [0.3, 0.4) is 0 Å². The van der Waals surface area contributed by atoms with Gasteiger partial charge >= 0.3 is 0 Å². The summed E-state index contributed by atoms with van der Waals surface area (Å²) in [6.45, 7) is 2.16. The largest absolute Gasteiger partial charge is 0.497 e. The monoisotopic (exact) mass is 245 g/mol. The van der Waals surface area contributed by atoms with E-state index in [0.717, 1.165) is 22.4 Å². The van der Waals surface area contributed by atoms with E-state index in [9.17, 15) is 4.39 Å². The summed E-state index contributed by atoms with van der Waals surface area (Å²) in [5.74, 6) is 0.555. The van der Waals surface area contributed by atoms with Gasteiger partial charge in [0.25, 0.3) is 0 Å². The van der Waals surface area contributed by atoms with Gasteiger partial charge in [0.05, 0.1) is 7.11 Å². The highest BCUT2D eigenvalue weighted by Gasteiger charge is 2.10. The average Bonchev–Trinajstić information content (AvgIpc) is 2.41. The lowest BCUT2D eigenvalue weighted by atomic mass is 9.95. The molecule has 0 fully saturated rings. The molecule has 3 heteroatoms. The summed E-state index contributed by atoms with van der Waals surface area (Å²) >= 11 is 0. The van der Waals surface area contributed by atoms with Crippen LogP contribution in [0.1, 0.15) is 11.1 Å². The van der Waals surface area contributed by atoms with E-state index in [0.29, 0.717) is 12.1 Å². The van der Waals surface area contributed by atoms with Gasteiger partial charge in [-0.25, -0.2) is 4.39 Å². The maximum atomic E-state index is 13.6. The normalized spacial score (nSPS) is 10.4. The lowest BCUT2D eigenvalue weighted by Gasteiger charge is -2.12. The van der Waals surface area contributed by atoms with E-state index < -0.39 is 0 Å². The van der Waals surface area contributed by atoms with Crippen LogP contribution in [-0.2, 0) is 6.54 Å². The molecule has 0 saturated heterocycles. The highest BCUT2D eigenvalue weighted by molar-refractivity contribution is 5.71. The number of hydrogen-bond acceptors (Lipinski definition) is 2. The van der Waals surface area contributed by atoms with Crippen molar-refractivity contribution < 1.29 is 9.13 Å². The summed E-state index contributed by atoms with van der Waals surface area (Å²) in [4.78, 5) is 0. The van der Waals surface area contributed by atoms with Gasteiger partial charge in [-0.3, -0.25) is 0 Å². The van der Waals surface area contributed by atoms with Crippen LogP contribution in [0, 0.1) is 12.7 Å². The standard InChI is InChI=1S/C15H16FNO/c1-10-13(4-3-5-15(10)16)14-7-6-12(18-2)8-11(14)9-17/h3-8H,9,17H2,1-2H3. The Balaban J connectivity index is 2.60. The first-order valence-corrected chi connectivity index (χ1v) is 5.80. The Labute approximate surface area is 106 Å². The minimum absolute atomic E-state index is 0.203. The topological polar surface area (TPSA) is 35.2 Å². The third-order valence-corrected chi connectivity index (χ3v) is 3.09. The zero-order valence-corrected chi connectivity index (χ0v) is 10.5. The Morgan fingerprint density at radius 3 is 2.61 bits per heavy atom. The average molecular weight is 245 g/mol. The van der Waals surface area contributed by atoms with Crippen LogP contribution in [0.15, 0.2) is 36.4 Å². The summed E-state index contributed by atoms with van der Waals surface area (Å²) in [6.07, 6.45) is 0. The number of ether oxygens (including phenoxy) is 1. The van der Waals surface area contributed by atoms with Gasteiger partial charge in [0.1, 0.15) is 11.6 Å². The SMILES string of the molecule is COc1ccc(-c2cccc(F)c2C)c(CN)c1. The third-order valence-electron chi connectivity index (χ3n) is 3.09. The van der Waals surface area contributed by atoms with Crippen molar-refractivity contribution in [3.63, 3.8) is 0 Å². The molecule has 0 aliphatic carbocycles. The zero-order chi connectivity index (χ0) is 13.1. The maximum Gasteiger partial charge on any atom is 0.126 e. The molecule has 0 saturated carbocycles. The minimum Gasteiger partial charge on any atom is -0.497 e.